The van der Waals surface area contributed by atoms with E-state index in [0.29, 0.717) is 6.54 Å². The Morgan fingerprint density at radius 3 is 2.74 bits per heavy atom. The lowest BCUT2D eigenvalue weighted by Crippen LogP contribution is -2.02. The molecule has 0 saturated carbocycles. The number of hydrogen-bond acceptors (Lipinski definition) is 3. The van der Waals surface area contributed by atoms with Crippen molar-refractivity contribution in [3.63, 3.8) is 0 Å². The molecule has 0 bridgehead atoms. The molecule has 0 amide bonds. The number of rotatable bonds is 3. The predicted molar refractivity (Wildman–Crippen MR) is 77.3 cm³/mol. The zero-order valence-electron chi connectivity index (χ0n) is 10.2. The fraction of sp³-hybridized carbons (Fsp3) is 0.167. The van der Waals surface area contributed by atoms with Crippen LogP contribution in [0, 0.1) is 6.92 Å². The van der Waals surface area contributed by atoms with E-state index in [1.807, 2.05) is 19.1 Å². The standard InChI is InChI=1S/C12H12BrN5O/c1-6-11(16-5-15-6)4-14-8-3-10-9(2-7(8)13)17-12(19)18-10/h2-3,5,14H,4H2,1H3,(H,15,16)(H2,17,18,19). The third-order valence-corrected chi connectivity index (χ3v) is 3.64. The van der Waals surface area contributed by atoms with Gasteiger partial charge in [0.15, 0.2) is 0 Å². The number of imidazole rings is 2. The summed E-state index contributed by atoms with van der Waals surface area (Å²) in [6.07, 6.45) is 1.67. The lowest BCUT2D eigenvalue weighted by molar-refractivity contribution is 1.05. The van der Waals surface area contributed by atoms with Crippen LogP contribution in [0.25, 0.3) is 11.0 Å². The molecule has 0 spiro atoms. The first-order valence-corrected chi connectivity index (χ1v) is 6.57. The SMILES string of the molecule is Cc1[nH]cnc1CNc1cc2[nH]c(=O)[nH]c2cc1Br. The monoisotopic (exact) mass is 321 g/mol. The lowest BCUT2D eigenvalue weighted by Gasteiger charge is -2.08. The normalized spacial score (nSPS) is 11.1. The Morgan fingerprint density at radius 2 is 2.05 bits per heavy atom. The molecule has 19 heavy (non-hydrogen) atoms. The van der Waals surface area contributed by atoms with Crippen LogP contribution >= 0.6 is 15.9 Å². The number of aryl methyl sites for hydroxylation is 1. The van der Waals surface area contributed by atoms with E-state index in [-0.39, 0.29) is 5.69 Å². The number of aromatic amines is 3. The number of aromatic nitrogens is 4. The smallest absolute Gasteiger partial charge is 0.323 e. The van der Waals surface area contributed by atoms with Crippen molar-refractivity contribution in [2.24, 2.45) is 0 Å². The molecule has 0 aliphatic rings. The van der Waals surface area contributed by atoms with E-state index >= 15 is 0 Å². The minimum Gasteiger partial charge on any atom is -0.378 e. The summed E-state index contributed by atoms with van der Waals surface area (Å²) in [5.41, 5.74) is 4.26. The van der Waals surface area contributed by atoms with Gasteiger partial charge in [-0.2, -0.15) is 0 Å². The summed E-state index contributed by atoms with van der Waals surface area (Å²) in [6.45, 7) is 2.60. The van der Waals surface area contributed by atoms with Gasteiger partial charge in [-0.05, 0) is 35.0 Å². The highest BCUT2D eigenvalue weighted by atomic mass is 79.9. The van der Waals surface area contributed by atoms with Crippen molar-refractivity contribution in [3.8, 4) is 0 Å². The molecule has 3 rings (SSSR count). The maximum Gasteiger partial charge on any atom is 0.323 e. The lowest BCUT2D eigenvalue weighted by atomic mass is 10.2. The molecular weight excluding hydrogens is 310 g/mol. The Labute approximate surface area is 116 Å². The molecule has 4 N–H and O–H groups in total. The fourth-order valence-electron chi connectivity index (χ4n) is 1.94. The summed E-state index contributed by atoms with van der Waals surface area (Å²) >= 11 is 3.48. The average Bonchev–Trinajstić information content (AvgIpc) is 2.91. The van der Waals surface area contributed by atoms with Crippen LogP contribution in [0.15, 0.2) is 27.7 Å². The molecule has 0 atom stereocenters. The van der Waals surface area contributed by atoms with Crippen LogP contribution in [0.1, 0.15) is 11.4 Å². The Morgan fingerprint density at radius 1 is 1.32 bits per heavy atom. The van der Waals surface area contributed by atoms with Crippen molar-refractivity contribution >= 4 is 32.7 Å². The van der Waals surface area contributed by atoms with Crippen molar-refractivity contribution in [2.45, 2.75) is 13.5 Å². The van der Waals surface area contributed by atoms with Crippen molar-refractivity contribution in [1.82, 2.24) is 19.9 Å². The minimum atomic E-state index is -0.206. The van der Waals surface area contributed by atoms with Gasteiger partial charge in [0.05, 0.1) is 35.3 Å². The molecule has 98 valence electrons. The first kappa shape index (κ1) is 12.0. The van der Waals surface area contributed by atoms with E-state index in [2.05, 4.69) is 41.2 Å². The van der Waals surface area contributed by atoms with Crippen molar-refractivity contribution in [3.05, 3.63) is 44.8 Å². The summed E-state index contributed by atoms with van der Waals surface area (Å²) in [5, 5.41) is 3.29. The molecule has 1 aromatic carbocycles. The van der Waals surface area contributed by atoms with E-state index in [1.54, 1.807) is 6.33 Å². The van der Waals surface area contributed by atoms with Gasteiger partial charge in [-0.25, -0.2) is 9.78 Å². The highest BCUT2D eigenvalue weighted by Crippen LogP contribution is 2.26. The van der Waals surface area contributed by atoms with E-state index < -0.39 is 0 Å². The number of anilines is 1. The molecular formula is C12H12BrN5O. The third kappa shape index (κ3) is 2.28. The molecule has 2 aromatic heterocycles. The van der Waals surface area contributed by atoms with Gasteiger partial charge in [-0.1, -0.05) is 0 Å². The molecule has 0 aliphatic heterocycles. The van der Waals surface area contributed by atoms with E-state index in [1.165, 1.54) is 0 Å². The first-order chi connectivity index (χ1) is 9.13. The quantitative estimate of drug-likeness (QED) is 0.596. The van der Waals surface area contributed by atoms with Gasteiger partial charge in [0, 0.05) is 10.2 Å². The van der Waals surface area contributed by atoms with Crippen LogP contribution < -0.4 is 11.0 Å². The number of nitrogens with zero attached hydrogens (tertiary/aromatic N) is 1. The third-order valence-electron chi connectivity index (χ3n) is 2.98. The summed E-state index contributed by atoms with van der Waals surface area (Å²) in [7, 11) is 0. The van der Waals surface area contributed by atoms with E-state index in [9.17, 15) is 4.79 Å². The topological polar surface area (TPSA) is 89.4 Å². The van der Waals surface area contributed by atoms with Gasteiger partial charge in [-0.3, -0.25) is 0 Å². The van der Waals surface area contributed by atoms with Gasteiger partial charge in [-0.15, -0.1) is 0 Å². The molecule has 0 fully saturated rings. The molecule has 0 saturated heterocycles. The number of nitrogens with one attached hydrogen (secondary N) is 4. The summed E-state index contributed by atoms with van der Waals surface area (Å²) in [6, 6.07) is 3.76. The average molecular weight is 322 g/mol. The summed E-state index contributed by atoms with van der Waals surface area (Å²) in [4.78, 5) is 24.0. The van der Waals surface area contributed by atoms with Gasteiger partial charge in [0.2, 0.25) is 0 Å². The molecule has 2 heterocycles. The summed E-state index contributed by atoms with van der Waals surface area (Å²) in [5.74, 6) is 0. The Hall–Kier alpha value is -2.02. The molecule has 0 unspecified atom stereocenters. The van der Waals surface area contributed by atoms with Crippen LogP contribution in [-0.4, -0.2) is 19.9 Å². The Bertz CT molecular complexity index is 785. The zero-order valence-corrected chi connectivity index (χ0v) is 11.8. The second kappa shape index (κ2) is 4.58. The Kier molecular flexibility index (Phi) is 2.90. The van der Waals surface area contributed by atoms with Crippen molar-refractivity contribution in [2.75, 3.05) is 5.32 Å². The van der Waals surface area contributed by atoms with Gasteiger partial charge < -0.3 is 20.3 Å². The highest BCUT2D eigenvalue weighted by Gasteiger charge is 2.06. The number of halogens is 1. The van der Waals surface area contributed by atoms with Crippen LogP contribution in [0.2, 0.25) is 0 Å². The van der Waals surface area contributed by atoms with E-state index in [0.717, 1.165) is 32.6 Å². The van der Waals surface area contributed by atoms with Crippen LogP contribution in [-0.2, 0) is 6.54 Å². The highest BCUT2D eigenvalue weighted by molar-refractivity contribution is 9.10. The zero-order chi connectivity index (χ0) is 13.4. The number of hydrogen-bond donors (Lipinski definition) is 4. The Balaban J connectivity index is 1.90. The molecule has 0 radical (unpaired) electrons. The van der Waals surface area contributed by atoms with Gasteiger partial charge >= 0.3 is 5.69 Å². The molecule has 6 nitrogen and oxygen atoms in total. The van der Waals surface area contributed by atoms with Crippen LogP contribution in [0.5, 0.6) is 0 Å². The fourth-order valence-corrected chi connectivity index (χ4v) is 2.42. The minimum absolute atomic E-state index is 0.206. The van der Waals surface area contributed by atoms with Crippen LogP contribution in [0.4, 0.5) is 5.69 Å². The maximum absolute atomic E-state index is 11.2. The van der Waals surface area contributed by atoms with Crippen molar-refractivity contribution < 1.29 is 0 Å². The van der Waals surface area contributed by atoms with Gasteiger partial charge in [0.25, 0.3) is 0 Å². The molecule has 3 aromatic rings. The second-order valence-corrected chi connectivity index (χ2v) is 5.14. The van der Waals surface area contributed by atoms with Gasteiger partial charge in [0.1, 0.15) is 0 Å². The van der Waals surface area contributed by atoms with Crippen molar-refractivity contribution in [1.29, 1.82) is 0 Å². The number of H-pyrrole nitrogens is 3. The second-order valence-electron chi connectivity index (χ2n) is 4.28. The van der Waals surface area contributed by atoms with Crippen LogP contribution in [0.3, 0.4) is 0 Å². The first-order valence-electron chi connectivity index (χ1n) is 5.78. The predicted octanol–water partition coefficient (Wildman–Crippen LogP) is 2.26. The molecule has 7 heteroatoms. The number of fused-ring (bicyclic) bond motifs is 1. The van der Waals surface area contributed by atoms with E-state index in [4.69, 9.17) is 0 Å². The molecule has 0 aliphatic carbocycles. The number of benzene rings is 1. The summed E-state index contributed by atoms with van der Waals surface area (Å²) < 4.78 is 0.892. The largest absolute Gasteiger partial charge is 0.378 e. The maximum atomic E-state index is 11.2.